The minimum absolute atomic E-state index is 0.371. The number of nitrogens with zero attached hydrogens (tertiary/aromatic N) is 2. The fourth-order valence-electron chi connectivity index (χ4n) is 1.68. The molecule has 2 nitrogen and oxygen atoms in total. The number of aromatic nitrogens is 1. The van der Waals surface area contributed by atoms with Crippen LogP contribution in [0.5, 0.6) is 0 Å². The number of hydrogen-bond acceptors (Lipinski definition) is 3. The van der Waals surface area contributed by atoms with Crippen LogP contribution in [0.1, 0.15) is 16.0 Å². The van der Waals surface area contributed by atoms with E-state index < -0.39 is 11.1 Å². The predicted octanol–water partition coefficient (Wildman–Crippen LogP) is 4.11. The Hall–Kier alpha value is -1.56. The van der Waals surface area contributed by atoms with Crippen LogP contribution in [-0.4, -0.2) is 12.0 Å². The highest BCUT2D eigenvalue weighted by Gasteiger charge is 2.33. The third kappa shape index (κ3) is 3.26. The first kappa shape index (κ1) is 13.9. The van der Waals surface area contributed by atoms with Crippen molar-refractivity contribution in [3.63, 3.8) is 0 Å². The number of hydrogen-bond donors (Lipinski definition) is 0. The number of anilines is 1. The van der Waals surface area contributed by atoms with Gasteiger partial charge in [-0.2, -0.15) is 13.2 Å². The maximum atomic E-state index is 12.5. The molecule has 0 aliphatic rings. The van der Waals surface area contributed by atoms with Crippen molar-refractivity contribution in [3.05, 3.63) is 46.5 Å². The number of halogens is 3. The molecule has 0 fully saturated rings. The van der Waals surface area contributed by atoms with E-state index in [0.717, 1.165) is 17.3 Å². The molecule has 0 atom stereocenters. The van der Waals surface area contributed by atoms with Crippen molar-refractivity contribution in [1.82, 2.24) is 4.98 Å². The largest absolute Gasteiger partial charge is 0.427 e. The first-order valence-electron chi connectivity index (χ1n) is 5.66. The molecule has 0 bridgehead atoms. The molecule has 2 rings (SSSR count). The fourth-order valence-corrected chi connectivity index (χ4v) is 2.43. The third-order valence-corrected chi connectivity index (χ3v) is 3.92. The van der Waals surface area contributed by atoms with Crippen LogP contribution in [-0.2, 0) is 12.7 Å². The molecule has 0 aliphatic carbocycles. The van der Waals surface area contributed by atoms with Gasteiger partial charge in [0.2, 0.25) is 0 Å². The molecule has 1 aromatic heterocycles. The van der Waals surface area contributed by atoms with E-state index in [-0.39, 0.29) is 0 Å². The Labute approximate surface area is 113 Å². The van der Waals surface area contributed by atoms with E-state index in [1.54, 1.807) is 11.9 Å². The van der Waals surface area contributed by atoms with Crippen molar-refractivity contribution >= 4 is 16.5 Å². The quantitative estimate of drug-likeness (QED) is 0.844. The summed E-state index contributed by atoms with van der Waals surface area (Å²) in [5.74, 6) is 0. The van der Waals surface area contributed by atoms with E-state index in [4.69, 9.17) is 0 Å². The molecule has 0 saturated carbocycles. The maximum absolute atomic E-state index is 12.5. The molecular weight excluding hydrogens is 273 g/mol. The Bertz CT molecular complexity index is 563. The van der Waals surface area contributed by atoms with Crippen molar-refractivity contribution in [2.45, 2.75) is 19.6 Å². The monoisotopic (exact) mass is 286 g/mol. The van der Waals surface area contributed by atoms with E-state index in [1.165, 1.54) is 0 Å². The Morgan fingerprint density at radius 3 is 2.53 bits per heavy atom. The van der Waals surface area contributed by atoms with Crippen LogP contribution in [0.2, 0.25) is 0 Å². The second-order valence-electron chi connectivity index (χ2n) is 4.29. The lowest BCUT2D eigenvalue weighted by molar-refractivity contribution is -0.134. The smallest absolute Gasteiger partial charge is 0.347 e. The van der Waals surface area contributed by atoms with Crippen LogP contribution < -0.4 is 4.90 Å². The predicted molar refractivity (Wildman–Crippen MR) is 70.4 cm³/mol. The van der Waals surface area contributed by atoms with Gasteiger partial charge < -0.3 is 4.90 Å². The summed E-state index contributed by atoms with van der Waals surface area (Å²) < 4.78 is 37.5. The van der Waals surface area contributed by atoms with Crippen molar-refractivity contribution in [1.29, 1.82) is 0 Å². The first-order chi connectivity index (χ1) is 8.88. The van der Waals surface area contributed by atoms with E-state index in [9.17, 15) is 13.2 Å². The van der Waals surface area contributed by atoms with Crippen molar-refractivity contribution in [2.75, 3.05) is 11.9 Å². The van der Waals surface area contributed by atoms with Gasteiger partial charge >= 0.3 is 6.18 Å². The molecule has 1 heterocycles. The van der Waals surface area contributed by atoms with Crippen LogP contribution in [0.25, 0.3) is 0 Å². The van der Waals surface area contributed by atoms with Gasteiger partial charge in [-0.25, -0.2) is 4.98 Å². The highest BCUT2D eigenvalue weighted by molar-refractivity contribution is 7.15. The van der Waals surface area contributed by atoms with Gasteiger partial charge in [-0.05, 0) is 18.1 Å². The molecular formula is C13H13F3N2S. The van der Waals surface area contributed by atoms with E-state index >= 15 is 0 Å². The highest BCUT2D eigenvalue weighted by Crippen LogP contribution is 2.36. The van der Waals surface area contributed by atoms with Gasteiger partial charge in [0, 0.05) is 13.6 Å². The number of benzene rings is 1. The second kappa shape index (κ2) is 5.21. The molecule has 1 aromatic carbocycles. The lowest BCUT2D eigenvalue weighted by Crippen LogP contribution is -2.16. The van der Waals surface area contributed by atoms with Gasteiger partial charge in [0.25, 0.3) is 0 Å². The van der Waals surface area contributed by atoms with Crippen LogP contribution >= 0.6 is 11.3 Å². The van der Waals surface area contributed by atoms with E-state index in [2.05, 4.69) is 4.98 Å². The summed E-state index contributed by atoms with van der Waals surface area (Å²) in [5.41, 5.74) is 2.19. The SMILES string of the molecule is Cc1ccccc1CN(C)c1ncc(C(F)(F)F)s1. The molecule has 0 aliphatic heterocycles. The van der Waals surface area contributed by atoms with E-state index in [0.29, 0.717) is 23.0 Å². The van der Waals surface area contributed by atoms with Gasteiger partial charge in [-0.1, -0.05) is 35.6 Å². The summed E-state index contributed by atoms with van der Waals surface area (Å²) >= 11 is 0.663. The topological polar surface area (TPSA) is 16.1 Å². The molecule has 0 spiro atoms. The van der Waals surface area contributed by atoms with Gasteiger partial charge in [0.15, 0.2) is 5.13 Å². The summed E-state index contributed by atoms with van der Waals surface area (Å²) in [6, 6.07) is 7.79. The summed E-state index contributed by atoms with van der Waals surface area (Å²) in [6.45, 7) is 2.52. The Balaban J connectivity index is 2.15. The molecule has 0 saturated heterocycles. The van der Waals surface area contributed by atoms with Crippen LogP contribution in [0, 0.1) is 6.92 Å². The highest BCUT2D eigenvalue weighted by atomic mass is 32.1. The molecule has 0 N–H and O–H groups in total. The summed E-state index contributed by atoms with van der Waals surface area (Å²) in [7, 11) is 1.74. The first-order valence-corrected chi connectivity index (χ1v) is 6.48. The maximum Gasteiger partial charge on any atom is 0.427 e. The lowest BCUT2D eigenvalue weighted by Gasteiger charge is -2.17. The Morgan fingerprint density at radius 1 is 1.26 bits per heavy atom. The van der Waals surface area contributed by atoms with Crippen molar-refractivity contribution < 1.29 is 13.2 Å². The Morgan fingerprint density at radius 2 is 1.95 bits per heavy atom. The standard InChI is InChI=1S/C13H13F3N2S/c1-9-5-3-4-6-10(9)8-18(2)12-17-7-11(19-12)13(14,15)16/h3-7H,8H2,1-2H3. The zero-order valence-electron chi connectivity index (χ0n) is 10.5. The summed E-state index contributed by atoms with van der Waals surface area (Å²) in [5, 5.41) is 0.371. The minimum Gasteiger partial charge on any atom is -0.347 e. The van der Waals surface area contributed by atoms with Gasteiger partial charge in [0.05, 0.1) is 6.20 Å². The third-order valence-electron chi connectivity index (χ3n) is 2.77. The van der Waals surface area contributed by atoms with Crippen LogP contribution in [0.3, 0.4) is 0 Å². The van der Waals surface area contributed by atoms with Gasteiger partial charge in [-0.15, -0.1) is 0 Å². The number of thiazole rings is 1. The second-order valence-corrected chi connectivity index (χ2v) is 5.30. The fraction of sp³-hybridized carbons (Fsp3) is 0.308. The average molecular weight is 286 g/mol. The molecule has 0 radical (unpaired) electrons. The molecule has 19 heavy (non-hydrogen) atoms. The molecule has 6 heteroatoms. The number of rotatable bonds is 3. The van der Waals surface area contributed by atoms with E-state index in [1.807, 2.05) is 31.2 Å². The lowest BCUT2D eigenvalue weighted by atomic mass is 10.1. The minimum atomic E-state index is -4.32. The normalized spacial score (nSPS) is 11.6. The average Bonchev–Trinajstić information content (AvgIpc) is 2.81. The zero-order valence-corrected chi connectivity index (χ0v) is 11.3. The molecule has 0 amide bonds. The van der Waals surface area contributed by atoms with Gasteiger partial charge in [-0.3, -0.25) is 0 Å². The number of alkyl halides is 3. The number of aryl methyl sites for hydroxylation is 1. The molecule has 0 unspecified atom stereocenters. The van der Waals surface area contributed by atoms with Crippen LogP contribution in [0.4, 0.5) is 18.3 Å². The van der Waals surface area contributed by atoms with Gasteiger partial charge in [0.1, 0.15) is 4.88 Å². The molecule has 102 valence electrons. The summed E-state index contributed by atoms with van der Waals surface area (Å²) in [6.07, 6.45) is -3.44. The Kier molecular flexibility index (Phi) is 3.80. The van der Waals surface area contributed by atoms with Crippen molar-refractivity contribution in [3.8, 4) is 0 Å². The molecule has 2 aromatic rings. The summed E-state index contributed by atoms with van der Waals surface area (Å²) in [4.78, 5) is 4.89. The zero-order chi connectivity index (χ0) is 14.0. The van der Waals surface area contributed by atoms with Crippen LogP contribution in [0.15, 0.2) is 30.5 Å². The van der Waals surface area contributed by atoms with Crippen molar-refractivity contribution in [2.24, 2.45) is 0 Å².